The highest BCUT2D eigenvalue weighted by atomic mass is 16.5. The molecule has 3 heterocycles. The lowest BCUT2D eigenvalue weighted by molar-refractivity contribution is 0.0949. The highest BCUT2D eigenvalue weighted by molar-refractivity contribution is 5.94. The van der Waals surface area contributed by atoms with Crippen molar-refractivity contribution in [1.29, 1.82) is 0 Å². The molecule has 0 spiro atoms. The summed E-state index contributed by atoms with van der Waals surface area (Å²) in [6.45, 7) is 2.19. The molecular formula is C19H18N6O3. The van der Waals surface area contributed by atoms with Crippen molar-refractivity contribution in [2.45, 2.75) is 19.9 Å². The maximum atomic E-state index is 12.4. The monoisotopic (exact) mass is 378 g/mol. The summed E-state index contributed by atoms with van der Waals surface area (Å²) in [4.78, 5) is 16.7. The second-order valence-corrected chi connectivity index (χ2v) is 6.04. The molecule has 0 aliphatic heterocycles. The van der Waals surface area contributed by atoms with Crippen molar-refractivity contribution in [3.05, 3.63) is 59.8 Å². The number of nitrogens with one attached hydrogen (secondary N) is 1. The molecule has 1 N–H and O–H groups in total. The Labute approximate surface area is 160 Å². The van der Waals surface area contributed by atoms with Gasteiger partial charge < -0.3 is 14.6 Å². The third kappa shape index (κ3) is 3.41. The number of hydrogen-bond acceptors (Lipinski definition) is 7. The second kappa shape index (κ2) is 7.47. The van der Waals surface area contributed by atoms with Gasteiger partial charge in [0.25, 0.3) is 11.8 Å². The van der Waals surface area contributed by atoms with Gasteiger partial charge in [0.05, 0.1) is 13.7 Å². The van der Waals surface area contributed by atoms with Crippen molar-refractivity contribution < 1.29 is 14.1 Å². The number of carbonyl (C=O) groups excluding carboxylic acids is 1. The van der Waals surface area contributed by atoms with Crippen LogP contribution < -0.4 is 10.1 Å². The van der Waals surface area contributed by atoms with Gasteiger partial charge in [-0.15, -0.1) is 10.2 Å². The Balaban J connectivity index is 1.51. The van der Waals surface area contributed by atoms with E-state index in [1.807, 2.05) is 25.3 Å². The molecule has 0 radical (unpaired) electrons. The van der Waals surface area contributed by atoms with Crippen molar-refractivity contribution >= 4 is 11.6 Å². The fraction of sp³-hybridized carbons (Fsp3) is 0.211. The van der Waals surface area contributed by atoms with Crippen molar-refractivity contribution in [3.63, 3.8) is 0 Å². The number of ether oxygens (including phenoxy) is 1. The number of fused-ring (bicyclic) bond motifs is 1. The van der Waals surface area contributed by atoms with Gasteiger partial charge in [-0.05, 0) is 30.3 Å². The molecule has 4 rings (SSSR count). The van der Waals surface area contributed by atoms with E-state index in [0.29, 0.717) is 40.9 Å². The number of benzene rings is 1. The zero-order valence-corrected chi connectivity index (χ0v) is 15.4. The molecule has 1 amide bonds. The quantitative estimate of drug-likeness (QED) is 0.548. The van der Waals surface area contributed by atoms with E-state index >= 15 is 0 Å². The zero-order chi connectivity index (χ0) is 19.5. The number of carbonyl (C=O) groups is 1. The van der Waals surface area contributed by atoms with E-state index in [2.05, 4.69) is 25.7 Å². The first-order chi connectivity index (χ1) is 13.7. The molecule has 0 saturated heterocycles. The highest BCUT2D eigenvalue weighted by Gasteiger charge is 2.13. The van der Waals surface area contributed by atoms with Crippen molar-refractivity contribution in [3.8, 4) is 17.2 Å². The van der Waals surface area contributed by atoms with Crippen LogP contribution in [0.2, 0.25) is 0 Å². The Kier molecular flexibility index (Phi) is 4.71. The minimum absolute atomic E-state index is 0.217. The van der Waals surface area contributed by atoms with Gasteiger partial charge in [-0.2, -0.15) is 4.98 Å². The summed E-state index contributed by atoms with van der Waals surface area (Å²) in [5.41, 5.74) is 1.90. The van der Waals surface area contributed by atoms with Gasteiger partial charge in [-0.25, -0.2) is 0 Å². The summed E-state index contributed by atoms with van der Waals surface area (Å²) < 4.78 is 12.2. The zero-order valence-electron chi connectivity index (χ0n) is 15.4. The molecule has 3 aromatic heterocycles. The SMILES string of the molecule is CCc1noc(-c2ccn3c(CNC(=O)c4cccc(OC)c4)nnc3c2)n1. The molecule has 9 heteroatoms. The molecule has 28 heavy (non-hydrogen) atoms. The van der Waals surface area contributed by atoms with Crippen LogP contribution in [0.25, 0.3) is 17.1 Å². The van der Waals surface area contributed by atoms with Gasteiger partial charge in [0.1, 0.15) is 5.75 Å². The molecule has 0 aliphatic rings. The van der Waals surface area contributed by atoms with E-state index in [1.54, 1.807) is 35.8 Å². The largest absolute Gasteiger partial charge is 0.497 e. The van der Waals surface area contributed by atoms with Gasteiger partial charge in [-0.3, -0.25) is 9.20 Å². The fourth-order valence-corrected chi connectivity index (χ4v) is 2.73. The Morgan fingerprint density at radius 2 is 2.14 bits per heavy atom. The van der Waals surface area contributed by atoms with Crippen LogP contribution in [0.4, 0.5) is 0 Å². The Hall–Kier alpha value is -3.75. The van der Waals surface area contributed by atoms with Crippen LogP contribution in [0.3, 0.4) is 0 Å². The topological polar surface area (TPSA) is 107 Å². The number of aromatic nitrogens is 5. The predicted octanol–water partition coefficient (Wildman–Crippen LogP) is 2.28. The number of methoxy groups -OCH3 is 1. The summed E-state index contributed by atoms with van der Waals surface area (Å²) in [5.74, 6) is 2.11. The third-order valence-corrected chi connectivity index (χ3v) is 4.25. The maximum absolute atomic E-state index is 12.4. The first kappa shape index (κ1) is 17.7. The molecule has 0 saturated carbocycles. The number of amides is 1. The molecule has 0 atom stereocenters. The van der Waals surface area contributed by atoms with Crippen LogP contribution in [0, 0.1) is 0 Å². The number of aryl methyl sites for hydroxylation is 1. The van der Waals surface area contributed by atoms with Crippen molar-refractivity contribution in [1.82, 2.24) is 30.1 Å². The molecule has 9 nitrogen and oxygen atoms in total. The molecule has 142 valence electrons. The first-order valence-electron chi connectivity index (χ1n) is 8.77. The lowest BCUT2D eigenvalue weighted by atomic mass is 10.2. The molecule has 0 unspecified atom stereocenters. The van der Waals surface area contributed by atoms with Crippen molar-refractivity contribution in [2.24, 2.45) is 0 Å². The number of nitrogens with zero attached hydrogens (tertiary/aromatic N) is 5. The molecule has 1 aromatic carbocycles. The van der Waals surface area contributed by atoms with Gasteiger partial charge in [0, 0.05) is 23.7 Å². The van der Waals surface area contributed by atoms with Crippen LogP contribution in [0.1, 0.15) is 28.9 Å². The lowest BCUT2D eigenvalue weighted by Crippen LogP contribution is -2.24. The van der Waals surface area contributed by atoms with E-state index in [-0.39, 0.29) is 12.5 Å². The smallest absolute Gasteiger partial charge is 0.258 e. The van der Waals surface area contributed by atoms with Gasteiger partial charge in [0.15, 0.2) is 17.3 Å². The van der Waals surface area contributed by atoms with E-state index in [1.165, 1.54) is 0 Å². The molecule has 0 aliphatic carbocycles. The van der Waals surface area contributed by atoms with Crippen LogP contribution in [0.15, 0.2) is 47.1 Å². The number of hydrogen-bond donors (Lipinski definition) is 1. The highest BCUT2D eigenvalue weighted by Crippen LogP contribution is 2.19. The fourth-order valence-electron chi connectivity index (χ4n) is 2.73. The van der Waals surface area contributed by atoms with Crippen LogP contribution >= 0.6 is 0 Å². The minimum Gasteiger partial charge on any atom is -0.497 e. The van der Waals surface area contributed by atoms with Crippen LogP contribution in [-0.4, -0.2) is 37.8 Å². The van der Waals surface area contributed by atoms with Gasteiger partial charge in [0.2, 0.25) is 0 Å². The average molecular weight is 378 g/mol. The molecule has 4 aromatic rings. The summed E-state index contributed by atoms with van der Waals surface area (Å²) in [6.07, 6.45) is 2.52. The Morgan fingerprint density at radius 3 is 2.93 bits per heavy atom. The maximum Gasteiger partial charge on any atom is 0.258 e. The van der Waals surface area contributed by atoms with Gasteiger partial charge >= 0.3 is 0 Å². The minimum atomic E-state index is -0.217. The Bertz CT molecular complexity index is 1130. The van der Waals surface area contributed by atoms with Crippen molar-refractivity contribution in [2.75, 3.05) is 7.11 Å². The van der Waals surface area contributed by atoms with E-state index < -0.39 is 0 Å². The average Bonchev–Trinajstić information content (AvgIpc) is 3.38. The van der Waals surface area contributed by atoms with E-state index in [4.69, 9.17) is 9.26 Å². The second-order valence-electron chi connectivity index (χ2n) is 6.04. The summed E-state index contributed by atoms with van der Waals surface area (Å²) >= 11 is 0. The summed E-state index contributed by atoms with van der Waals surface area (Å²) in [5, 5.41) is 15.1. The third-order valence-electron chi connectivity index (χ3n) is 4.25. The number of rotatable bonds is 6. The molecular weight excluding hydrogens is 360 g/mol. The summed E-state index contributed by atoms with van der Waals surface area (Å²) in [7, 11) is 1.56. The van der Waals surface area contributed by atoms with Crippen LogP contribution in [-0.2, 0) is 13.0 Å². The molecule has 0 fully saturated rings. The molecule has 0 bridgehead atoms. The van der Waals surface area contributed by atoms with Gasteiger partial charge in [-0.1, -0.05) is 18.1 Å². The first-order valence-corrected chi connectivity index (χ1v) is 8.77. The Morgan fingerprint density at radius 1 is 1.25 bits per heavy atom. The predicted molar refractivity (Wildman–Crippen MR) is 99.8 cm³/mol. The summed E-state index contributed by atoms with van der Waals surface area (Å²) in [6, 6.07) is 10.6. The normalized spacial score (nSPS) is 10.9. The lowest BCUT2D eigenvalue weighted by Gasteiger charge is -2.06. The standard InChI is InChI=1S/C19H18N6O3/c1-3-15-21-19(28-24-15)13-7-8-25-16(10-13)22-23-17(25)11-20-18(26)12-5-4-6-14(9-12)27-2/h4-10H,3,11H2,1-2H3,(H,20,26). The number of pyridine rings is 1. The van der Waals surface area contributed by atoms with Crippen LogP contribution in [0.5, 0.6) is 5.75 Å². The van der Waals surface area contributed by atoms with E-state index in [9.17, 15) is 4.79 Å². The van der Waals surface area contributed by atoms with E-state index in [0.717, 1.165) is 5.56 Å².